The minimum atomic E-state index is -0.562. The van der Waals surface area contributed by atoms with Crippen LogP contribution < -0.4 is 15.5 Å². The maximum atomic E-state index is 12.6. The number of benzene rings is 1. The Morgan fingerprint density at radius 1 is 1.28 bits per heavy atom. The van der Waals surface area contributed by atoms with Crippen molar-refractivity contribution in [1.82, 2.24) is 14.5 Å². The van der Waals surface area contributed by atoms with Gasteiger partial charge in [-0.25, -0.2) is 0 Å². The molecule has 4 N–H and O–H groups in total. The lowest BCUT2D eigenvalue weighted by atomic mass is 9.93. The number of fused-ring (bicyclic) bond motifs is 1. The molecule has 1 saturated carbocycles. The van der Waals surface area contributed by atoms with Crippen LogP contribution in [0.25, 0.3) is 10.9 Å². The molecule has 0 unspecified atom stereocenters. The normalized spacial score (nSPS) is 19.2. The number of aliphatic hydroxyl groups is 1. The van der Waals surface area contributed by atoms with Gasteiger partial charge in [-0.15, -0.1) is 0 Å². The van der Waals surface area contributed by atoms with Crippen LogP contribution in [0.15, 0.2) is 36.5 Å². The largest absolute Gasteiger partial charge is 0.494 e. The second kappa shape index (κ2) is 7.59. The molecule has 1 amide bonds. The Labute approximate surface area is 166 Å². The summed E-state index contributed by atoms with van der Waals surface area (Å²) in [4.78, 5) is 12.6. The minimum absolute atomic E-state index is 0.0592. The van der Waals surface area contributed by atoms with E-state index in [0.29, 0.717) is 16.2 Å². The van der Waals surface area contributed by atoms with Crippen molar-refractivity contribution in [1.29, 1.82) is 5.41 Å². The van der Waals surface area contributed by atoms with Crippen molar-refractivity contribution in [3.63, 3.8) is 0 Å². The first-order valence-corrected chi connectivity index (χ1v) is 9.48. The smallest absolute Gasteiger partial charge is 0.275 e. The van der Waals surface area contributed by atoms with Gasteiger partial charge in [-0.05, 0) is 43.9 Å². The molecule has 9 heteroatoms. The first-order valence-electron chi connectivity index (χ1n) is 9.48. The van der Waals surface area contributed by atoms with Gasteiger partial charge in [0.05, 0.1) is 30.5 Å². The number of aliphatic hydroxyl groups excluding tert-OH is 1. The number of ether oxygens (including phenoxy) is 1. The van der Waals surface area contributed by atoms with E-state index >= 15 is 0 Å². The van der Waals surface area contributed by atoms with Crippen molar-refractivity contribution in [3.8, 4) is 5.75 Å². The molecular weight excluding hydrogens is 374 g/mol. The van der Waals surface area contributed by atoms with Gasteiger partial charge in [0.1, 0.15) is 11.4 Å². The van der Waals surface area contributed by atoms with E-state index < -0.39 is 5.91 Å². The number of hydrogen-bond acceptors (Lipinski definition) is 6. The van der Waals surface area contributed by atoms with Gasteiger partial charge in [0.15, 0.2) is 5.49 Å². The quantitative estimate of drug-likeness (QED) is 0.503. The molecule has 1 aliphatic rings. The topological polar surface area (TPSA) is 125 Å². The number of hydrogen-bond donors (Lipinski definition) is 4. The predicted molar refractivity (Wildman–Crippen MR) is 105 cm³/mol. The van der Waals surface area contributed by atoms with Crippen molar-refractivity contribution in [2.45, 2.75) is 37.8 Å². The van der Waals surface area contributed by atoms with Crippen molar-refractivity contribution in [2.24, 2.45) is 0 Å². The molecule has 2 aromatic heterocycles. The number of carbonyl (C=O) groups excluding carboxylic acids is 1. The van der Waals surface area contributed by atoms with Crippen LogP contribution in [-0.4, -0.2) is 43.9 Å². The van der Waals surface area contributed by atoms with Gasteiger partial charge < -0.3 is 20.4 Å². The Bertz CT molecular complexity index is 1110. The number of nitrogens with one attached hydrogen (secondary N) is 2. The molecule has 1 aromatic carbocycles. The Hall–Kier alpha value is -3.33. The summed E-state index contributed by atoms with van der Waals surface area (Å²) in [5.41, 5.74) is 0.936. The molecule has 0 spiro atoms. The van der Waals surface area contributed by atoms with E-state index in [1.165, 1.54) is 25.3 Å². The molecule has 0 aliphatic heterocycles. The highest BCUT2D eigenvalue weighted by molar-refractivity contribution is 6.05. The van der Waals surface area contributed by atoms with Gasteiger partial charge in [-0.1, -0.05) is 6.07 Å². The van der Waals surface area contributed by atoms with Crippen LogP contribution in [-0.2, 0) is 0 Å². The van der Waals surface area contributed by atoms with Gasteiger partial charge in [0.2, 0.25) is 0 Å². The molecule has 29 heavy (non-hydrogen) atoms. The average Bonchev–Trinajstić information content (AvgIpc) is 3.12. The standard InChI is InChI=1S/C20H23N5O4/c1-29-18-10-15-12(11-24(23-15)13-5-7-14(26)8-6-13)9-16(18)22-20(27)17-3-2-4-19(21)25(17)28/h2-4,9-11,13-14,21,26,28H,5-8H2,1H3,(H,22,27). The third-order valence-corrected chi connectivity index (χ3v) is 5.33. The van der Waals surface area contributed by atoms with Gasteiger partial charge in [0.25, 0.3) is 5.91 Å². The van der Waals surface area contributed by atoms with E-state index in [4.69, 9.17) is 10.1 Å². The van der Waals surface area contributed by atoms with Crippen LogP contribution >= 0.6 is 0 Å². The highest BCUT2D eigenvalue weighted by Crippen LogP contribution is 2.33. The predicted octanol–water partition coefficient (Wildman–Crippen LogP) is 2.29. The summed E-state index contributed by atoms with van der Waals surface area (Å²) in [5, 5.41) is 35.5. The Morgan fingerprint density at radius 2 is 2.03 bits per heavy atom. The number of anilines is 1. The first kappa shape index (κ1) is 19.0. The SMILES string of the molecule is COc1cc2nn(C3CCC(O)CC3)cc2cc1NC(=O)c1cccc(=N)n1O. The third-order valence-electron chi connectivity index (χ3n) is 5.33. The maximum absolute atomic E-state index is 12.6. The van der Waals surface area contributed by atoms with Crippen LogP contribution in [0, 0.1) is 5.41 Å². The number of amides is 1. The first-order chi connectivity index (χ1) is 14.0. The zero-order chi connectivity index (χ0) is 20.5. The summed E-state index contributed by atoms with van der Waals surface area (Å²) in [6.45, 7) is 0. The molecule has 0 radical (unpaired) electrons. The molecule has 1 fully saturated rings. The fraction of sp³-hybridized carbons (Fsp3) is 0.350. The van der Waals surface area contributed by atoms with Gasteiger partial charge >= 0.3 is 0 Å². The van der Waals surface area contributed by atoms with E-state index in [0.717, 1.165) is 36.6 Å². The second-order valence-corrected chi connectivity index (χ2v) is 7.24. The number of rotatable bonds is 4. The molecule has 4 rings (SSSR count). The molecule has 152 valence electrons. The van der Waals surface area contributed by atoms with Gasteiger partial charge in [-0.3, -0.25) is 14.9 Å². The van der Waals surface area contributed by atoms with E-state index in [1.54, 1.807) is 12.1 Å². The zero-order valence-corrected chi connectivity index (χ0v) is 16.0. The lowest BCUT2D eigenvalue weighted by Gasteiger charge is -2.25. The van der Waals surface area contributed by atoms with Crippen LogP contribution in [0.4, 0.5) is 5.69 Å². The van der Waals surface area contributed by atoms with Crippen LogP contribution in [0.2, 0.25) is 0 Å². The molecule has 0 saturated heterocycles. The molecule has 0 atom stereocenters. The maximum Gasteiger partial charge on any atom is 0.275 e. The third kappa shape index (κ3) is 3.68. The van der Waals surface area contributed by atoms with Crippen LogP contribution in [0.1, 0.15) is 42.2 Å². The molecule has 1 aliphatic carbocycles. The Balaban J connectivity index is 1.64. The molecular formula is C20H23N5O4. The fourth-order valence-corrected chi connectivity index (χ4v) is 3.71. The van der Waals surface area contributed by atoms with Gasteiger partial charge in [0, 0.05) is 17.6 Å². The van der Waals surface area contributed by atoms with E-state index in [2.05, 4.69) is 10.4 Å². The van der Waals surface area contributed by atoms with Crippen molar-refractivity contribution in [2.75, 3.05) is 12.4 Å². The Kier molecular flexibility index (Phi) is 4.98. The summed E-state index contributed by atoms with van der Waals surface area (Å²) in [6, 6.07) is 8.10. The number of pyridine rings is 1. The van der Waals surface area contributed by atoms with Crippen molar-refractivity contribution < 1.29 is 19.8 Å². The van der Waals surface area contributed by atoms with Crippen molar-refractivity contribution >= 4 is 22.5 Å². The molecule has 0 bridgehead atoms. The molecule has 3 aromatic rings. The summed E-state index contributed by atoms with van der Waals surface area (Å²) in [5.74, 6) is -0.116. The fourth-order valence-electron chi connectivity index (χ4n) is 3.71. The number of nitrogens with zero attached hydrogens (tertiary/aromatic N) is 3. The molecule has 2 heterocycles. The molecule has 9 nitrogen and oxygen atoms in total. The lowest BCUT2D eigenvalue weighted by molar-refractivity contribution is 0.0957. The monoisotopic (exact) mass is 397 g/mol. The van der Waals surface area contributed by atoms with Crippen molar-refractivity contribution in [3.05, 3.63) is 47.7 Å². The number of methoxy groups -OCH3 is 1. The summed E-state index contributed by atoms with van der Waals surface area (Å²) in [6.07, 6.45) is 4.98. The minimum Gasteiger partial charge on any atom is -0.494 e. The summed E-state index contributed by atoms with van der Waals surface area (Å²) >= 11 is 0. The second-order valence-electron chi connectivity index (χ2n) is 7.24. The van der Waals surface area contributed by atoms with E-state index in [9.17, 15) is 15.1 Å². The van der Waals surface area contributed by atoms with E-state index in [-0.39, 0.29) is 23.3 Å². The highest BCUT2D eigenvalue weighted by Gasteiger charge is 2.22. The summed E-state index contributed by atoms with van der Waals surface area (Å²) < 4.78 is 7.86. The highest BCUT2D eigenvalue weighted by atomic mass is 16.5. The number of aromatic nitrogens is 3. The van der Waals surface area contributed by atoms with Crippen LogP contribution in [0.3, 0.4) is 0 Å². The average molecular weight is 397 g/mol. The zero-order valence-electron chi connectivity index (χ0n) is 16.0. The Morgan fingerprint density at radius 3 is 2.76 bits per heavy atom. The van der Waals surface area contributed by atoms with Crippen LogP contribution in [0.5, 0.6) is 5.75 Å². The van der Waals surface area contributed by atoms with E-state index in [1.807, 2.05) is 10.9 Å². The summed E-state index contributed by atoms with van der Waals surface area (Å²) in [7, 11) is 1.51. The lowest BCUT2D eigenvalue weighted by Crippen LogP contribution is -2.26. The van der Waals surface area contributed by atoms with Gasteiger partial charge in [-0.2, -0.15) is 9.83 Å². The number of carbonyl (C=O) groups is 1.